The summed E-state index contributed by atoms with van der Waals surface area (Å²) in [5, 5.41) is 10.5. The minimum absolute atomic E-state index is 0.654. The van der Waals surface area contributed by atoms with E-state index in [2.05, 4.69) is 5.32 Å². The van der Waals surface area contributed by atoms with Gasteiger partial charge in [-0.05, 0) is 33.8 Å². The molecule has 5 nitrogen and oxygen atoms in total. The summed E-state index contributed by atoms with van der Waals surface area (Å²) in [6, 6.07) is -0.758. The number of hydrogen-bond acceptors (Lipinski definition) is 3. The lowest BCUT2D eigenvalue weighted by atomic mass is 10.2. The van der Waals surface area contributed by atoms with Gasteiger partial charge in [0.1, 0.15) is 5.60 Å². The first-order chi connectivity index (χ1) is 7.11. The highest BCUT2D eigenvalue weighted by Crippen LogP contribution is 2.07. The first-order valence-corrected chi connectivity index (χ1v) is 4.72. The average molecular weight is 233 g/mol. The van der Waals surface area contributed by atoms with E-state index in [4.69, 9.17) is 9.84 Å². The molecule has 0 spiro atoms. The molecule has 1 atom stereocenters. The monoisotopic (exact) mass is 233 g/mol. The SMILES string of the molecule is CC(/C=C(/F)C(=O)O)NC(=O)OC(C)(C)C. The molecule has 1 unspecified atom stereocenters. The second-order valence-corrected chi connectivity index (χ2v) is 4.25. The van der Waals surface area contributed by atoms with Crippen LogP contribution in [0.3, 0.4) is 0 Å². The van der Waals surface area contributed by atoms with Crippen molar-refractivity contribution in [2.24, 2.45) is 0 Å². The highest BCUT2D eigenvalue weighted by molar-refractivity contribution is 5.84. The molecule has 0 saturated carbocycles. The van der Waals surface area contributed by atoms with Crippen molar-refractivity contribution in [3.05, 3.63) is 11.9 Å². The van der Waals surface area contributed by atoms with Gasteiger partial charge in [0.05, 0.1) is 6.04 Å². The fourth-order valence-corrected chi connectivity index (χ4v) is 0.826. The molecule has 0 aliphatic carbocycles. The molecule has 2 N–H and O–H groups in total. The summed E-state index contributed by atoms with van der Waals surface area (Å²) in [4.78, 5) is 21.4. The van der Waals surface area contributed by atoms with Crippen molar-refractivity contribution < 1.29 is 23.8 Å². The van der Waals surface area contributed by atoms with E-state index in [1.165, 1.54) is 6.92 Å². The smallest absolute Gasteiger partial charge is 0.408 e. The second-order valence-electron chi connectivity index (χ2n) is 4.25. The normalized spacial score (nSPS) is 14.2. The molecule has 0 radical (unpaired) electrons. The van der Waals surface area contributed by atoms with Gasteiger partial charge < -0.3 is 15.2 Å². The van der Waals surface area contributed by atoms with Gasteiger partial charge in [0.2, 0.25) is 5.83 Å². The molecule has 0 aliphatic heterocycles. The Morgan fingerprint density at radius 2 is 1.94 bits per heavy atom. The Morgan fingerprint density at radius 1 is 1.44 bits per heavy atom. The van der Waals surface area contributed by atoms with Gasteiger partial charge in [-0.2, -0.15) is 4.39 Å². The summed E-state index contributed by atoms with van der Waals surface area (Å²) in [6.07, 6.45) is 0.0566. The van der Waals surface area contributed by atoms with Crippen LogP contribution >= 0.6 is 0 Å². The van der Waals surface area contributed by atoms with Gasteiger partial charge in [-0.1, -0.05) is 0 Å². The van der Waals surface area contributed by atoms with Gasteiger partial charge in [-0.3, -0.25) is 0 Å². The maximum Gasteiger partial charge on any atom is 0.408 e. The van der Waals surface area contributed by atoms with Crippen molar-refractivity contribution in [3.63, 3.8) is 0 Å². The summed E-state index contributed by atoms with van der Waals surface area (Å²) >= 11 is 0. The maximum atomic E-state index is 12.6. The standard InChI is InChI=1S/C10H16FNO4/c1-6(5-7(11)8(13)14)12-9(15)16-10(2,3)4/h5-6H,1-4H3,(H,12,15)(H,13,14)/b7-5+. The third kappa shape index (κ3) is 6.80. The van der Waals surface area contributed by atoms with Crippen LogP contribution in [-0.2, 0) is 9.53 Å². The lowest BCUT2D eigenvalue weighted by Crippen LogP contribution is -2.37. The van der Waals surface area contributed by atoms with Crippen LogP contribution in [0.4, 0.5) is 9.18 Å². The number of carbonyl (C=O) groups excluding carboxylic acids is 1. The fraction of sp³-hybridized carbons (Fsp3) is 0.600. The molecule has 0 aromatic rings. The number of amides is 1. The molecule has 0 bridgehead atoms. The van der Waals surface area contributed by atoms with E-state index >= 15 is 0 Å². The number of nitrogens with one attached hydrogen (secondary N) is 1. The zero-order chi connectivity index (χ0) is 12.9. The van der Waals surface area contributed by atoms with Crippen LogP contribution < -0.4 is 5.32 Å². The molecular weight excluding hydrogens is 217 g/mol. The highest BCUT2D eigenvalue weighted by Gasteiger charge is 2.17. The van der Waals surface area contributed by atoms with Crippen LogP contribution in [0.2, 0.25) is 0 Å². The van der Waals surface area contributed by atoms with Crippen molar-refractivity contribution >= 4 is 12.1 Å². The molecule has 0 aliphatic rings. The number of hydrogen-bond donors (Lipinski definition) is 2. The van der Waals surface area contributed by atoms with Crippen LogP contribution in [0.1, 0.15) is 27.7 Å². The van der Waals surface area contributed by atoms with Crippen molar-refractivity contribution in [3.8, 4) is 0 Å². The van der Waals surface area contributed by atoms with Gasteiger partial charge in [0.15, 0.2) is 0 Å². The lowest BCUT2D eigenvalue weighted by Gasteiger charge is -2.20. The summed E-state index contributed by atoms with van der Waals surface area (Å²) in [5.74, 6) is -2.98. The van der Waals surface area contributed by atoms with Crippen LogP contribution in [0.5, 0.6) is 0 Å². The maximum absolute atomic E-state index is 12.6. The summed E-state index contributed by atoms with van der Waals surface area (Å²) in [7, 11) is 0. The van der Waals surface area contributed by atoms with E-state index < -0.39 is 29.5 Å². The summed E-state index contributed by atoms with van der Waals surface area (Å²) in [6.45, 7) is 6.49. The van der Waals surface area contributed by atoms with E-state index in [-0.39, 0.29) is 0 Å². The molecular formula is C10H16FNO4. The molecule has 92 valence electrons. The molecule has 0 aromatic heterocycles. The number of alkyl carbamates (subject to hydrolysis) is 1. The molecule has 16 heavy (non-hydrogen) atoms. The Morgan fingerprint density at radius 3 is 2.31 bits per heavy atom. The highest BCUT2D eigenvalue weighted by atomic mass is 19.1. The van der Waals surface area contributed by atoms with Gasteiger partial charge in [-0.25, -0.2) is 9.59 Å². The third-order valence-corrected chi connectivity index (χ3v) is 1.35. The number of carbonyl (C=O) groups is 2. The molecule has 0 fully saturated rings. The number of carboxylic acids is 1. The minimum atomic E-state index is -1.67. The van der Waals surface area contributed by atoms with Crippen molar-refractivity contribution in [2.75, 3.05) is 0 Å². The van der Waals surface area contributed by atoms with Crippen LogP contribution in [0, 0.1) is 0 Å². The zero-order valence-electron chi connectivity index (χ0n) is 9.70. The summed E-state index contributed by atoms with van der Waals surface area (Å²) < 4.78 is 17.5. The summed E-state index contributed by atoms with van der Waals surface area (Å²) in [5.41, 5.74) is -0.654. The average Bonchev–Trinajstić information content (AvgIpc) is 1.98. The number of aliphatic carboxylic acids is 1. The Balaban J connectivity index is 4.26. The van der Waals surface area contributed by atoms with Crippen LogP contribution in [-0.4, -0.2) is 28.8 Å². The predicted molar refractivity (Wildman–Crippen MR) is 55.7 cm³/mol. The second kappa shape index (κ2) is 5.48. The number of carboxylic acid groups (broad SMARTS) is 1. The topological polar surface area (TPSA) is 75.6 Å². The van der Waals surface area contributed by atoms with Crippen LogP contribution in [0.25, 0.3) is 0 Å². The first-order valence-electron chi connectivity index (χ1n) is 4.72. The molecule has 0 saturated heterocycles. The van der Waals surface area contributed by atoms with Crippen molar-refractivity contribution in [2.45, 2.75) is 39.3 Å². The van der Waals surface area contributed by atoms with Gasteiger partial charge in [0, 0.05) is 0 Å². The van der Waals surface area contributed by atoms with Gasteiger partial charge in [0.25, 0.3) is 0 Å². The minimum Gasteiger partial charge on any atom is -0.476 e. The van der Waals surface area contributed by atoms with E-state index in [9.17, 15) is 14.0 Å². The van der Waals surface area contributed by atoms with Crippen LogP contribution in [0.15, 0.2) is 11.9 Å². The van der Waals surface area contributed by atoms with E-state index in [1.54, 1.807) is 20.8 Å². The van der Waals surface area contributed by atoms with Crippen molar-refractivity contribution in [1.82, 2.24) is 5.32 Å². The Labute approximate surface area is 93.3 Å². The fourth-order valence-electron chi connectivity index (χ4n) is 0.826. The van der Waals surface area contributed by atoms with Gasteiger partial charge >= 0.3 is 12.1 Å². The predicted octanol–water partition coefficient (Wildman–Crippen LogP) is 1.84. The molecule has 0 aromatic carbocycles. The largest absolute Gasteiger partial charge is 0.476 e. The van der Waals surface area contributed by atoms with Crippen molar-refractivity contribution in [1.29, 1.82) is 0 Å². The number of halogens is 1. The molecule has 0 heterocycles. The molecule has 6 heteroatoms. The van der Waals surface area contributed by atoms with E-state index in [1.807, 2.05) is 0 Å². The van der Waals surface area contributed by atoms with E-state index in [0.717, 1.165) is 6.08 Å². The third-order valence-electron chi connectivity index (χ3n) is 1.35. The molecule has 1 amide bonds. The Hall–Kier alpha value is -1.59. The molecule has 0 rings (SSSR count). The Kier molecular flexibility index (Phi) is 4.94. The zero-order valence-corrected chi connectivity index (χ0v) is 9.70. The Bertz CT molecular complexity index is 306. The van der Waals surface area contributed by atoms with E-state index in [0.29, 0.717) is 0 Å². The number of rotatable bonds is 3. The lowest BCUT2D eigenvalue weighted by molar-refractivity contribution is -0.134. The first kappa shape index (κ1) is 14.4. The quantitative estimate of drug-likeness (QED) is 0.729. The number of ether oxygens (including phenoxy) is 1. The van der Waals surface area contributed by atoms with Gasteiger partial charge in [-0.15, -0.1) is 0 Å².